The summed E-state index contributed by atoms with van der Waals surface area (Å²) in [6, 6.07) is -0.534. The second kappa shape index (κ2) is 5.07. The van der Waals surface area contributed by atoms with E-state index < -0.39 is 12.0 Å². The Kier molecular flexibility index (Phi) is 3.68. The van der Waals surface area contributed by atoms with Crippen LogP contribution in [0.3, 0.4) is 0 Å². The molecule has 0 aliphatic carbocycles. The molecule has 18 heavy (non-hydrogen) atoms. The molecule has 4 N–H and O–H groups in total. The predicted molar refractivity (Wildman–Crippen MR) is 67.1 cm³/mol. The van der Waals surface area contributed by atoms with Gasteiger partial charge >= 0.3 is 5.97 Å². The Hall–Kier alpha value is -1.40. The van der Waals surface area contributed by atoms with Crippen molar-refractivity contribution in [2.75, 3.05) is 13.1 Å². The van der Waals surface area contributed by atoms with Crippen molar-refractivity contribution < 1.29 is 9.90 Å². The summed E-state index contributed by atoms with van der Waals surface area (Å²) in [6.07, 6.45) is 5.56. The smallest absolute Gasteiger partial charge is 0.321 e. The number of aromatic amines is 1. The number of imidazole rings is 1. The zero-order valence-electron chi connectivity index (χ0n) is 10.6. The molecule has 0 saturated carbocycles. The van der Waals surface area contributed by atoms with Crippen LogP contribution in [0.1, 0.15) is 25.5 Å². The maximum atomic E-state index is 11.4. The minimum absolute atomic E-state index is 0.292. The standard InChI is InChI=1S/C12H20N4O2/c1-12(13)3-2-4-16(7-12)10(11(17)18)5-9-6-14-8-15-9/h6,8,10H,2-5,7,13H2,1H3,(H,14,15)(H,17,18)/t10-,12+/m0/s1. The van der Waals surface area contributed by atoms with Crippen molar-refractivity contribution >= 4 is 5.97 Å². The summed E-state index contributed by atoms with van der Waals surface area (Å²) in [4.78, 5) is 20.3. The maximum Gasteiger partial charge on any atom is 0.321 e. The van der Waals surface area contributed by atoms with Gasteiger partial charge in [-0.3, -0.25) is 9.69 Å². The third kappa shape index (κ3) is 3.08. The average Bonchev–Trinajstić information content (AvgIpc) is 2.76. The predicted octanol–water partition coefficient (Wildman–Crippen LogP) is 0.219. The number of H-pyrrole nitrogens is 1. The Morgan fingerprint density at radius 2 is 2.56 bits per heavy atom. The molecule has 0 bridgehead atoms. The zero-order valence-corrected chi connectivity index (χ0v) is 10.6. The van der Waals surface area contributed by atoms with E-state index in [1.54, 1.807) is 12.5 Å². The number of carbonyl (C=O) groups is 1. The van der Waals surface area contributed by atoms with E-state index in [1.165, 1.54) is 0 Å². The zero-order chi connectivity index (χ0) is 13.2. The highest BCUT2D eigenvalue weighted by molar-refractivity contribution is 5.73. The second-order valence-electron chi connectivity index (χ2n) is 5.36. The monoisotopic (exact) mass is 252 g/mol. The fourth-order valence-electron chi connectivity index (χ4n) is 2.55. The van der Waals surface area contributed by atoms with E-state index in [9.17, 15) is 9.90 Å². The molecular formula is C12H20N4O2. The van der Waals surface area contributed by atoms with Gasteiger partial charge in [-0.25, -0.2) is 4.98 Å². The van der Waals surface area contributed by atoms with Gasteiger partial charge in [0.05, 0.1) is 6.33 Å². The molecule has 1 saturated heterocycles. The van der Waals surface area contributed by atoms with Crippen molar-refractivity contribution in [1.82, 2.24) is 14.9 Å². The van der Waals surface area contributed by atoms with Crippen molar-refractivity contribution in [1.29, 1.82) is 0 Å². The van der Waals surface area contributed by atoms with Gasteiger partial charge in [-0.2, -0.15) is 0 Å². The number of nitrogens with two attached hydrogens (primary N) is 1. The highest BCUT2D eigenvalue weighted by Gasteiger charge is 2.34. The van der Waals surface area contributed by atoms with Gasteiger partial charge in [0.1, 0.15) is 6.04 Å². The van der Waals surface area contributed by atoms with Crippen LogP contribution in [0, 0.1) is 0 Å². The summed E-state index contributed by atoms with van der Waals surface area (Å²) in [6.45, 7) is 3.39. The average molecular weight is 252 g/mol. The van der Waals surface area contributed by atoms with E-state index >= 15 is 0 Å². The SMILES string of the molecule is C[C@@]1(N)CCCN([C@@H](Cc2cnc[nH]2)C(=O)O)C1. The molecule has 2 heterocycles. The molecule has 0 unspecified atom stereocenters. The lowest BCUT2D eigenvalue weighted by Gasteiger charge is -2.40. The van der Waals surface area contributed by atoms with Gasteiger partial charge in [0, 0.05) is 30.4 Å². The topological polar surface area (TPSA) is 95.2 Å². The van der Waals surface area contributed by atoms with Crippen LogP contribution < -0.4 is 5.73 Å². The minimum Gasteiger partial charge on any atom is -0.480 e. The lowest BCUT2D eigenvalue weighted by atomic mass is 9.91. The number of rotatable bonds is 4. The molecule has 1 aromatic heterocycles. The molecule has 100 valence electrons. The van der Waals surface area contributed by atoms with Crippen LogP contribution >= 0.6 is 0 Å². The van der Waals surface area contributed by atoms with Crippen molar-refractivity contribution in [3.63, 3.8) is 0 Å². The molecule has 1 aliphatic rings. The van der Waals surface area contributed by atoms with Crippen molar-refractivity contribution in [2.45, 2.75) is 37.8 Å². The number of nitrogens with zero attached hydrogens (tertiary/aromatic N) is 2. The van der Waals surface area contributed by atoms with E-state index in [0.717, 1.165) is 25.1 Å². The highest BCUT2D eigenvalue weighted by atomic mass is 16.4. The van der Waals surface area contributed by atoms with Crippen molar-refractivity contribution in [3.05, 3.63) is 18.2 Å². The van der Waals surface area contributed by atoms with Gasteiger partial charge in [-0.1, -0.05) is 0 Å². The van der Waals surface area contributed by atoms with Crippen LogP contribution in [0.2, 0.25) is 0 Å². The van der Waals surface area contributed by atoms with Crippen LogP contribution in [-0.4, -0.2) is 50.6 Å². The van der Waals surface area contributed by atoms with Crippen LogP contribution in [0.25, 0.3) is 0 Å². The quantitative estimate of drug-likeness (QED) is 0.712. The first-order valence-corrected chi connectivity index (χ1v) is 6.21. The summed E-state index contributed by atoms with van der Waals surface area (Å²) in [7, 11) is 0. The third-order valence-electron chi connectivity index (χ3n) is 3.45. The van der Waals surface area contributed by atoms with E-state index in [-0.39, 0.29) is 5.54 Å². The number of aromatic nitrogens is 2. The molecule has 2 rings (SSSR count). The Morgan fingerprint density at radius 1 is 1.78 bits per heavy atom. The number of nitrogens with one attached hydrogen (secondary N) is 1. The summed E-state index contributed by atoms with van der Waals surface area (Å²) < 4.78 is 0. The molecule has 0 spiro atoms. The number of hydrogen-bond donors (Lipinski definition) is 3. The van der Waals surface area contributed by atoms with Gasteiger partial charge in [0.25, 0.3) is 0 Å². The number of aliphatic carboxylic acids is 1. The third-order valence-corrected chi connectivity index (χ3v) is 3.45. The first kappa shape index (κ1) is 13.0. The van der Waals surface area contributed by atoms with Crippen molar-refractivity contribution in [2.24, 2.45) is 5.73 Å². The number of hydrogen-bond acceptors (Lipinski definition) is 4. The van der Waals surface area contributed by atoms with Gasteiger partial charge in [0.15, 0.2) is 0 Å². The fraction of sp³-hybridized carbons (Fsp3) is 0.667. The lowest BCUT2D eigenvalue weighted by molar-refractivity contribution is -0.144. The Labute approximate surface area is 106 Å². The fourth-order valence-corrected chi connectivity index (χ4v) is 2.55. The van der Waals surface area contributed by atoms with Gasteiger partial charge < -0.3 is 15.8 Å². The van der Waals surface area contributed by atoms with Crippen molar-refractivity contribution in [3.8, 4) is 0 Å². The van der Waals surface area contributed by atoms with Crippen LogP contribution in [0.5, 0.6) is 0 Å². The second-order valence-corrected chi connectivity index (χ2v) is 5.36. The number of likely N-dealkylation sites (tertiary alicyclic amines) is 1. The van der Waals surface area contributed by atoms with Gasteiger partial charge in [-0.15, -0.1) is 0 Å². The normalized spacial score (nSPS) is 27.0. The van der Waals surface area contributed by atoms with Crippen LogP contribution in [0.15, 0.2) is 12.5 Å². The summed E-state index contributed by atoms with van der Waals surface area (Å²) >= 11 is 0. The molecule has 1 fully saturated rings. The molecule has 2 atom stereocenters. The summed E-state index contributed by atoms with van der Waals surface area (Å²) in [5.74, 6) is -0.803. The first-order valence-electron chi connectivity index (χ1n) is 6.21. The molecule has 1 aromatic rings. The Bertz CT molecular complexity index is 402. The van der Waals surface area contributed by atoms with E-state index in [1.807, 2.05) is 11.8 Å². The minimum atomic E-state index is -0.803. The molecule has 6 nitrogen and oxygen atoms in total. The van der Waals surface area contributed by atoms with E-state index in [0.29, 0.717) is 13.0 Å². The van der Waals surface area contributed by atoms with Crippen LogP contribution in [-0.2, 0) is 11.2 Å². The summed E-state index contributed by atoms with van der Waals surface area (Å²) in [5.41, 5.74) is 6.67. The first-order chi connectivity index (χ1) is 8.48. The number of carboxylic acid groups (broad SMARTS) is 1. The molecule has 0 amide bonds. The molecule has 6 heteroatoms. The van der Waals surface area contributed by atoms with Gasteiger partial charge in [0.2, 0.25) is 0 Å². The van der Waals surface area contributed by atoms with Gasteiger partial charge in [-0.05, 0) is 26.3 Å². The largest absolute Gasteiger partial charge is 0.480 e. The summed E-state index contributed by atoms with van der Waals surface area (Å²) in [5, 5.41) is 9.38. The molecule has 0 aromatic carbocycles. The lowest BCUT2D eigenvalue weighted by Crippen LogP contribution is -2.57. The molecule has 0 radical (unpaired) electrons. The van der Waals surface area contributed by atoms with E-state index in [2.05, 4.69) is 9.97 Å². The molecule has 1 aliphatic heterocycles. The Balaban J connectivity index is 2.07. The number of carboxylic acids is 1. The highest BCUT2D eigenvalue weighted by Crippen LogP contribution is 2.21. The Morgan fingerprint density at radius 3 is 3.11 bits per heavy atom. The number of piperidine rings is 1. The molecular weight excluding hydrogens is 232 g/mol. The van der Waals surface area contributed by atoms with Crippen LogP contribution in [0.4, 0.5) is 0 Å². The van der Waals surface area contributed by atoms with E-state index in [4.69, 9.17) is 5.73 Å². The maximum absolute atomic E-state index is 11.4.